The lowest BCUT2D eigenvalue weighted by Crippen LogP contribution is -2.40. The number of guanidine groups is 2. The van der Waals surface area contributed by atoms with Crippen molar-refractivity contribution in [2.24, 2.45) is 11.5 Å². The van der Waals surface area contributed by atoms with E-state index in [0.717, 1.165) is 17.5 Å². The number of nitrogens with one attached hydrogen (secondary N) is 2. The van der Waals surface area contributed by atoms with Crippen LogP contribution in [-0.2, 0) is 17.8 Å². The Hall–Kier alpha value is -4.15. The van der Waals surface area contributed by atoms with E-state index in [1.54, 1.807) is 40.1 Å². The van der Waals surface area contributed by atoms with Crippen LogP contribution in [0.4, 0.5) is 0 Å². The number of likely N-dealkylation sites (tertiary alicyclic amines) is 1. The number of benzene rings is 2. The van der Waals surface area contributed by atoms with Gasteiger partial charge in [0.1, 0.15) is 11.9 Å². The third-order valence-corrected chi connectivity index (χ3v) is 6.28. The van der Waals surface area contributed by atoms with Gasteiger partial charge in [-0.15, -0.1) is 0 Å². The molecule has 2 aromatic carbocycles. The number of ether oxygens (including phenoxy) is 3. The van der Waals surface area contributed by atoms with Gasteiger partial charge in [0, 0.05) is 31.6 Å². The molecule has 0 aromatic heterocycles. The fourth-order valence-electron chi connectivity index (χ4n) is 4.37. The average Bonchev–Trinajstić information content (AvgIpc) is 3.31. The fraction of sp³-hybridized carbons (Fsp3) is 0.375. The van der Waals surface area contributed by atoms with Crippen LogP contribution in [0.15, 0.2) is 36.4 Å². The van der Waals surface area contributed by atoms with Gasteiger partial charge in [-0.25, -0.2) is 4.79 Å². The van der Waals surface area contributed by atoms with E-state index in [1.165, 1.54) is 7.11 Å². The highest BCUT2D eigenvalue weighted by Gasteiger charge is 2.27. The van der Waals surface area contributed by atoms with Crippen LogP contribution in [0.2, 0.25) is 0 Å². The lowest BCUT2D eigenvalue weighted by Gasteiger charge is -2.30. The molecular weight excluding hydrogens is 452 g/mol. The Morgan fingerprint density at radius 1 is 1.06 bits per heavy atom. The summed E-state index contributed by atoms with van der Waals surface area (Å²) in [5.41, 5.74) is 13.6. The molecule has 0 radical (unpaired) electrons. The van der Waals surface area contributed by atoms with Gasteiger partial charge in [-0.1, -0.05) is 12.1 Å². The normalized spacial score (nSPS) is 17.9. The van der Waals surface area contributed by atoms with Gasteiger partial charge in [0.2, 0.25) is 6.10 Å². The molecule has 0 bridgehead atoms. The minimum absolute atomic E-state index is 0.0115. The maximum absolute atomic E-state index is 12.1. The number of hydrogen-bond acceptors (Lipinski definition) is 6. The molecule has 2 aliphatic heterocycles. The van der Waals surface area contributed by atoms with Crippen LogP contribution in [-0.4, -0.2) is 65.6 Å². The maximum Gasteiger partial charge on any atom is 0.349 e. The van der Waals surface area contributed by atoms with E-state index in [1.807, 2.05) is 6.07 Å². The fourth-order valence-corrected chi connectivity index (χ4v) is 4.37. The van der Waals surface area contributed by atoms with Crippen molar-refractivity contribution in [3.8, 4) is 17.2 Å². The first-order valence-corrected chi connectivity index (χ1v) is 11.3. The Morgan fingerprint density at radius 3 is 2.34 bits per heavy atom. The number of carboxylic acids is 1. The predicted molar refractivity (Wildman–Crippen MR) is 129 cm³/mol. The summed E-state index contributed by atoms with van der Waals surface area (Å²) in [6, 6.07) is 10.4. The maximum atomic E-state index is 12.1. The molecule has 1 saturated heterocycles. The van der Waals surface area contributed by atoms with E-state index in [4.69, 9.17) is 36.5 Å². The summed E-state index contributed by atoms with van der Waals surface area (Å²) in [6.45, 7) is 2.29. The van der Waals surface area contributed by atoms with Crippen molar-refractivity contribution in [1.82, 2.24) is 9.80 Å². The van der Waals surface area contributed by atoms with Gasteiger partial charge < -0.3 is 40.6 Å². The summed E-state index contributed by atoms with van der Waals surface area (Å²) in [4.78, 5) is 15.6. The minimum Gasteiger partial charge on any atom is -0.493 e. The van der Waals surface area contributed by atoms with E-state index >= 15 is 0 Å². The van der Waals surface area contributed by atoms with Crippen LogP contribution in [0.1, 0.15) is 29.2 Å². The molecule has 35 heavy (non-hydrogen) atoms. The predicted octanol–water partition coefficient (Wildman–Crippen LogP) is 1.50. The monoisotopic (exact) mass is 482 g/mol. The number of nitrogens with two attached hydrogens (primary N) is 2. The van der Waals surface area contributed by atoms with Crippen LogP contribution in [0.3, 0.4) is 0 Å². The smallest absolute Gasteiger partial charge is 0.349 e. The third-order valence-electron chi connectivity index (χ3n) is 6.28. The molecule has 11 heteroatoms. The number of hydrogen-bond donors (Lipinski definition) is 5. The quantitative estimate of drug-likeness (QED) is 0.290. The largest absolute Gasteiger partial charge is 0.493 e. The first kappa shape index (κ1) is 24.0. The number of carbonyl (C=O) groups is 1. The zero-order valence-corrected chi connectivity index (χ0v) is 19.5. The Balaban J connectivity index is 1.49. The number of methoxy groups -OCH3 is 1. The molecule has 2 unspecified atom stereocenters. The van der Waals surface area contributed by atoms with Gasteiger partial charge in [-0.3, -0.25) is 10.8 Å². The molecule has 0 amide bonds. The van der Waals surface area contributed by atoms with Gasteiger partial charge >= 0.3 is 5.97 Å². The lowest BCUT2D eigenvalue weighted by molar-refractivity contribution is -0.145. The van der Waals surface area contributed by atoms with Gasteiger partial charge in [-0.05, 0) is 41.8 Å². The Bertz CT molecular complexity index is 1120. The first-order valence-electron chi connectivity index (χ1n) is 11.3. The second-order valence-corrected chi connectivity index (χ2v) is 8.59. The van der Waals surface area contributed by atoms with E-state index < -0.39 is 12.1 Å². The lowest BCUT2D eigenvalue weighted by atomic mass is 9.99. The van der Waals surface area contributed by atoms with Crippen molar-refractivity contribution < 1.29 is 24.1 Å². The van der Waals surface area contributed by atoms with Gasteiger partial charge in [0.05, 0.1) is 13.7 Å². The van der Waals surface area contributed by atoms with Crippen LogP contribution >= 0.6 is 0 Å². The van der Waals surface area contributed by atoms with E-state index in [-0.39, 0.29) is 18.0 Å². The van der Waals surface area contributed by atoms with Gasteiger partial charge in [-0.2, -0.15) is 0 Å². The van der Waals surface area contributed by atoms with Crippen LogP contribution in [0.25, 0.3) is 0 Å². The van der Waals surface area contributed by atoms with Crippen LogP contribution in [0, 0.1) is 10.8 Å². The number of aliphatic carboxylic acids is 1. The molecule has 11 nitrogen and oxygen atoms in total. The second-order valence-electron chi connectivity index (χ2n) is 8.59. The van der Waals surface area contributed by atoms with Crippen molar-refractivity contribution in [2.45, 2.75) is 31.6 Å². The minimum atomic E-state index is -1.24. The van der Waals surface area contributed by atoms with Gasteiger partial charge in [0.25, 0.3) is 0 Å². The molecule has 2 heterocycles. The summed E-state index contributed by atoms with van der Waals surface area (Å²) in [6.07, 6.45) is 0.0779. The highest BCUT2D eigenvalue weighted by Crippen LogP contribution is 2.36. The average molecular weight is 483 g/mol. The summed E-state index contributed by atoms with van der Waals surface area (Å²) in [5.74, 6) is 0.269. The van der Waals surface area contributed by atoms with E-state index in [9.17, 15) is 9.90 Å². The topological polar surface area (TPSA) is 171 Å². The molecule has 2 aromatic rings. The summed E-state index contributed by atoms with van der Waals surface area (Å²) < 4.78 is 17.4. The molecule has 7 N–H and O–H groups in total. The SMILES string of the molecule is COc1cc2c(cc1OC(C(=O)O)c1ccc(OC3CCN(C(=N)N)C3)cc1)CCN(C(=N)N)C2. The number of rotatable bonds is 7. The van der Waals surface area contributed by atoms with Crippen molar-refractivity contribution in [3.63, 3.8) is 0 Å². The van der Waals surface area contributed by atoms with Crippen LogP contribution in [0.5, 0.6) is 17.2 Å². The molecule has 0 saturated carbocycles. The zero-order valence-electron chi connectivity index (χ0n) is 19.5. The molecule has 4 rings (SSSR count). The summed E-state index contributed by atoms with van der Waals surface area (Å²) >= 11 is 0. The van der Waals surface area contributed by atoms with Crippen LogP contribution < -0.4 is 25.7 Å². The molecule has 186 valence electrons. The second kappa shape index (κ2) is 10.00. The summed E-state index contributed by atoms with van der Waals surface area (Å²) in [5, 5.41) is 25.1. The summed E-state index contributed by atoms with van der Waals surface area (Å²) in [7, 11) is 1.50. The Morgan fingerprint density at radius 2 is 1.74 bits per heavy atom. The molecule has 0 spiro atoms. The Kier molecular flexibility index (Phi) is 6.85. The van der Waals surface area contributed by atoms with E-state index in [0.29, 0.717) is 55.4 Å². The van der Waals surface area contributed by atoms with Crippen molar-refractivity contribution in [3.05, 3.63) is 53.1 Å². The van der Waals surface area contributed by atoms with Crippen molar-refractivity contribution >= 4 is 17.9 Å². The Labute approximate surface area is 203 Å². The standard InChI is InChI=1S/C24H30N6O5/c1-33-19-11-16-12-29(23(25)26)8-6-15(16)10-20(19)35-21(22(31)32)14-2-4-17(5-3-14)34-18-7-9-30(13-18)24(27)28/h2-5,10-11,18,21H,6-9,12-13H2,1H3,(H3,25,26)(H3,27,28)(H,31,32). The number of carboxylic acid groups (broad SMARTS) is 1. The number of fused-ring (bicyclic) bond motifs is 1. The first-order chi connectivity index (χ1) is 16.7. The molecule has 2 aliphatic rings. The van der Waals surface area contributed by atoms with Gasteiger partial charge in [0.15, 0.2) is 23.4 Å². The van der Waals surface area contributed by atoms with Crippen molar-refractivity contribution in [2.75, 3.05) is 26.7 Å². The van der Waals surface area contributed by atoms with E-state index in [2.05, 4.69) is 0 Å². The number of nitrogens with zero attached hydrogens (tertiary/aromatic N) is 2. The molecule has 2 atom stereocenters. The zero-order chi connectivity index (χ0) is 25.1. The highest BCUT2D eigenvalue weighted by molar-refractivity contribution is 5.76. The third kappa shape index (κ3) is 5.34. The molecule has 1 fully saturated rings. The van der Waals surface area contributed by atoms with Crippen molar-refractivity contribution in [1.29, 1.82) is 10.8 Å². The molecular formula is C24H30N6O5. The highest BCUT2D eigenvalue weighted by atomic mass is 16.5. The molecule has 0 aliphatic carbocycles.